The molecule has 120 valence electrons. The number of carbonyl (C=O) groups excluding carboxylic acids is 1. The molecule has 0 aromatic carbocycles. The predicted octanol–water partition coefficient (Wildman–Crippen LogP) is -0.740. The second-order valence-electron chi connectivity index (χ2n) is 5.55. The van der Waals surface area contributed by atoms with Gasteiger partial charge in [0.1, 0.15) is 6.54 Å². The Morgan fingerprint density at radius 3 is 2.50 bits per heavy atom. The molecule has 1 aliphatic rings. The summed E-state index contributed by atoms with van der Waals surface area (Å²) in [5.41, 5.74) is -0.940. The van der Waals surface area contributed by atoms with Gasteiger partial charge in [-0.1, -0.05) is 0 Å². The lowest BCUT2D eigenvalue weighted by Crippen LogP contribution is -2.44. The highest BCUT2D eigenvalue weighted by Crippen LogP contribution is 2.20. The van der Waals surface area contributed by atoms with Gasteiger partial charge < -0.3 is 10.0 Å². The van der Waals surface area contributed by atoms with Crippen LogP contribution in [-0.2, 0) is 23.2 Å². The van der Waals surface area contributed by atoms with Gasteiger partial charge in [-0.3, -0.25) is 23.5 Å². The summed E-state index contributed by atoms with van der Waals surface area (Å²) >= 11 is 0. The summed E-state index contributed by atoms with van der Waals surface area (Å²) in [7, 11) is 1.36. The molecule has 1 aliphatic heterocycles. The Balaban J connectivity index is 1.97. The van der Waals surface area contributed by atoms with Crippen LogP contribution in [0.2, 0.25) is 0 Å². The lowest BCUT2D eigenvalue weighted by molar-refractivity contribution is -0.138. The first-order valence-electron chi connectivity index (χ1n) is 7.14. The number of rotatable bonds is 4. The fourth-order valence-corrected chi connectivity index (χ4v) is 2.62. The van der Waals surface area contributed by atoms with Crippen LogP contribution in [0.1, 0.15) is 19.3 Å². The van der Waals surface area contributed by atoms with Crippen LogP contribution in [0, 0.1) is 5.92 Å². The molecule has 1 saturated heterocycles. The molecule has 0 saturated carbocycles. The monoisotopic (exact) mass is 309 g/mol. The van der Waals surface area contributed by atoms with Crippen molar-refractivity contribution in [2.45, 2.75) is 25.8 Å². The number of piperidine rings is 1. The van der Waals surface area contributed by atoms with E-state index in [1.165, 1.54) is 23.9 Å². The van der Waals surface area contributed by atoms with E-state index in [-0.39, 0.29) is 24.8 Å². The number of aliphatic carboxylic acids is 1. The third-order valence-corrected chi connectivity index (χ3v) is 4.00. The normalized spacial score (nSPS) is 15.8. The van der Waals surface area contributed by atoms with E-state index in [1.807, 2.05) is 0 Å². The van der Waals surface area contributed by atoms with E-state index in [0.717, 1.165) is 4.57 Å². The van der Waals surface area contributed by atoms with Gasteiger partial charge in [0.25, 0.3) is 5.56 Å². The molecule has 1 N–H and O–H groups in total. The van der Waals surface area contributed by atoms with Crippen molar-refractivity contribution in [3.8, 4) is 0 Å². The molecule has 0 unspecified atom stereocenters. The van der Waals surface area contributed by atoms with Crippen molar-refractivity contribution >= 4 is 11.9 Å². The lowest BCUT2D eigenvalue weighted by Gasteiger charge is -2.31. The van der Waals surface area contributed by atoms with Crippen molar-refractivity contribution in [1.29, 1.82) is 0 Å². The van der Waals surface area contributed by atoms with Crippen LogP contribution in [0.5, 0.6) is 0 Å². The van der Waals surface area contributed by atoms with Crippen molar-refractivity contribution in [3.05, 3.63) is 33.1 Å². The summed E-state index contributed by atoms with van der Waals surface area (Å²) in [6.45, 7) is 0.880. The smallest absolute Gasteiger partial charge is 0.331 e. The Bertz CT molecular complexity index is 682. The molecule has 1 amide bonds. The van der Waals surface area contributed by atoms with Gasteiger partial charge >= 0.3 is 11.7 Å². The largest absolute Gasteiger partial charge is 0.481 e. The van der Waals surface area contributed by atoms with E-state index in [0.29, 0.717) is 25.9 Å². The van der Waals surface area contributed by atoms with Crippen LogP contribution in [0.4, 0.5) is 0 Å². The zero-order valence-electron chi connectivity index (χ0n) is 12.4. The average molecular weight is 309 g/mol. The average Bonchev–Trinajstić information content (AvgIpc) is 2.48. The second-order valence-corrected chi connectivity index (χ2v) is 5.55. The molecular formula is C14H19N3O5. The Morgan fingerprint density at radius 2 is 1.91 bits per heavy atom. The molecule has 8 nitrogen and oxygen atoms in total. The third kappa shape index (κ3) is 3.63. The summed E-state index contributed by atoms with van der Waals surface area (Å²) in [5, 5.41) is 8.77. The quantitative estimate of drug-likeness (QED) is 0.789. The molecule has 0 atom stereocenters. The number of likely N-dealkylation sites (tertiary alicyclic amines) is 1. The van der Waals surface area contributed by atoms with E-state index in [2.05, 4.69) is 0 Å². The Kier molecular flexibility index (Phi) is 4.79. The molecule has 8 heteroatoms. The SMILES string of the molecule is Cn1c(=O)ccn(CC(=O)N2CCC(CC(=O)O)CC2)c1=O. The first-order valence-corrected chi connectivity index (χ1v) is 7.14. The molecule has 1 aromatic rings. The number of carbonyl (C=O) groups is 2. The molecular weight excluding hydrogens is 290 g/mol. The minimum atomic E-state index is -0.818. The number of carboxylic acid groups (broad SMARTS) is 1. The number of carboxylic acids is 1. The standard InChI is InChI=1S/C14H19N3O5/c1-15-11(18)4-7-17(14(15)22)9-12(19)16-5-2-10(3-6-16)8-13(20)21/h4,7,10H,2-3,5-6,8-9H2,1H3,(H,20,21). The number of amides is 1. The molecule has 2 rings (SSSR count). The second kappa shape index (κ2) is 6.59. The van der Waals surface area contributed by atoms with Crippen molar-refractivity contribution in [1.82, 2.24) is 14.0 Å². The van der Waals surface area contributed by atoms with E-state index >= 15 is 0 Å². The first kappa shape index (κ1) is 16.0. The van der Waals surface area contributed by atoms with Crippen LogP contribution in [-0.4, -0.2) is 44.1 Å². The minimum Gasteiger partial charge on any atom is -0.481 e. The van der Waals surface area contributed by atoms with Gasteiger partial charge in [0.15, 0.2) is 0 Å². The predicted molar refractivity (Wildman–Crippen MR) is 77.5 cm³/mol. The van der Waals surface area contributed by atoms with Crippen molar-refractivity contribution in [3.63, 3.8) is 0 Å². The maximum atomic E-state index is 12.2. The van der Waals surface area contributed by atoms with Gasteiger partial charge in [0.2, 0.25) is 5.91 Å². The van der Waals surface area contributed by atoms with Gasteiger partial charge in [-0.05, 0) is 18.8 Å². The molecule has 0 bridgehead atoms. The van der Waals surface area contributed by atoms with Crippen LogP contribution in [0.15, 0.2) is 21.9 Å². The van der Waals surface area contributed by atoms with Crippen LogP contribution >= 0.6 is 0 Å². The van der Waals surface area contributed by atoms with E-state index < -0.39 is 17.2 Å². The fourth-order valence-electron chi connectivity index (χ4n) is 2.62. The molecule has 2 heterocycles. The van der Waals surface area contributed by atoms with Crippen LogP contribution in [0.25, 0.3) is 0 Å². The molecule has 22 heavy (non-hydrogen) atoms. The summed E-state index contributed by atoms with van der Waals surface area (Å²) < 4.78 is 2.15. The zero-order valence-corrected chi connectivity index (χ0v) is 12.4. The van der Waals surface area contributed by atoms with Crippen molar-refractivity contribution in [2.24, 2.45) is 13.0 Å². The summed E-state index contributed by atoms with van der Waals surface area (Å²) in [4.78, 5) is 47.7. The third-order valence-electron chi connectivity index (χ3n) is 4.00. The maximum absolute atomic E-state index is 12.2. The first-order chi connectivity index (χ1) is 10.4. The summed E-state index contributed by atoms with van der Waals surface area (Å²) in [6.07, 6.45) is 2.75. The highest BCUT2D eigenvalue weighted by Gasteiger charge is 2.24. The summed E-state index contributed by atoms with van der Waals surface area (Å²) in [6, 6.07) is 1.24. The van der Waals surface area contributed by atoms with Gasteiger partial charge in [0.05, 0.1) is 0 Å². The minimum absolute atomic E-state index is 0.0989. The highest BCUT2D eigenvalue weighted by atomic mass is 16.4. The van der Waals surface area contributed by atoms with Crippen molar-refractivity contribution < 1.29 is 14.7 Å². The van der Waals surface area contributed by atoms with Gasteiger partial charge in [0, 0.05) is 38.8 Å². The van der Waals surface area contributed by atoms with Crippen molar-refractivity contribution in [2.75, 3.05) is 13.1 Å². The number of hydrogen-bond acceptors (Lipinski definition) is 4. The molecule has 1 aromatic heterocycles. The Morgan fingerprint density at radius 1 is 1.27 bits per heavy atom. The Labute approximate surface area is 126 Å². The highest BCUT2D eigenvalue weighted by molar-refractivity contribution is 5.76. The van der Waals surface area contributed by atoms with Crippen LogP contribution < -0.4 is 11.2 Å². The van der Waals surface area contributed by atoms with E-state index in [9.17, 15) is 19.2 Å². The number of aromatic nitrogens is 2. The summed E-state index contributed by atoms with van der Waals surface area (Å²) in [5.74, 6) is -0.919. The molecule has 1 fully saturated rings. The van der Waals surface area contributed by atoms with Crippen LogP contribution in [0.3, 0.4) is 0 Å². The van der Waals surface area contributed by atoms with Gasteiger partial charge in [-0.25, -0.2) is 4.79 Å². The van der Waals surface area contributed by atoms with E-state index in [4.69, 9.17) is 5.11 Å². The molecule has 0 spiro atoms. The molecule has 0 aliphatic carbocycles. The fraction of sp³-hybridized carbons (Fsp3) is 0.571. The molecule has 0 radical (unpaired) electrons. The number of hydrogen-bond donors (Lipinski definition) is 1. The van der Waals surface area contributed by atoms with Gasteiger partial charge in [-0.2, -0.15) is 0 Å². The van der Waals surface area contributed by atoms with E-state index in [1.54, 1.807) is 4.90 Å². The zero-order chi connectivity index (χ0) is 16.3. The maximum Gasteiger partial charge on any atom is 0.331 e. The lowest BCUT2D eigenvalue weighted by atomic mass is 9.93. The number of nitrogens with zero attached hydrogens (tertiary/aromatic N) is 3. The Hall–Kier alpha value is -2.38. The van der Waals surface area contributed by atoms with Gasteiger partial charge in [-0.15, -0.1) is 0 Å². The topological polar surface area (TPSA) is 102 Å².